The molecule has 8 heavy (non-hydrogen) atoms. The zero-order chi connectivity index (χ0) is 5.54. The molecule has 0 bridgehead atoms. The summed E-state index contributed by atoms with van der Waals surface area (Å²) in [7, 11) is 0. The molecule has 43 valence electrons. The third kappa shape index (κ3) is 9.78. The summed E-state index contributed by atoms with van der Waals surface area (Å²) in [5.41, 5.74) is 0. The Morgan fingerprint density at radius 2 is 2.00 bits per heavy atom. The van der Waals surface area contributed by atoms with E-state index in [1.54, 1.807) is 0 Å². The standard InChI is InChI=1S/C5H8N.BrH.Zn/c1-2-3-4-5-6;;/h1-4H2;1H;. The summed E-state index contributed by atoms with van der Waals surface area (Å²) in [6.45, 7) is 0. The predicted molar refractivity (Wildman–Crippen MR) is 34.6 cm³/mol. The number of nitrogens with zero attached hydrogens (tertiary/aromatic N) is 1. The van der Waals surface area contributed by atoms with Gasteiger partial charge in [-0.3, -0.25) is 0 Å². The van der Waals surface area contributed by atoms with E-state index in [-0.39, 0.29) is 17.0 Å². The number of unbranched alkanes of at least 4 members (excludes halogenated alkanes) is 2. The Labute approximate surface area is 70.9 Å². The first kappa shape index (κ1) is 11.4. The molecule has 3 heteroatoms. The van der Waals surface area contributed by atoms with Crippen LogP contribution in [0.2, 0.25) is 5.02 Å². The molecule has 0 aromatic carbocycles. The normalized spacial score (nSPS) is 7.12. The van der Waals surface area contributed by atoms with Crippen molar-refractivity contribution in [1.82, 2.24) is 0 Å². The van der Waals surface area contributed by atoms with Gasteiger partial charge >= 0.3 is 53.9 Å². The van der Waals surface area contributed by atoms with Gasteiger partial charge in [0, 0.05) is 0 Å². The van der Waals surface area contributed by atoms with E-state index in [1.807, 2.05) is 0 Å². The fourth-order valence-corrected chi connectivity index (χ4v) is 1.12. The fraction of sp³-hybridized carbons (Fsp3) is 0.800. The average Bonchev–Trinajstić information content (AvgIpc) is 1.69. The summed E-state index contributed by atoms with van der Waals surface area (Å²) in [6, 6.07) is 2.12. The number of nitriles is 1. The van der Waals surface area contributed by atoms with Crippen molar-refractivity contribution in [2.45, 2.75) is 24.3 Å². The minimum absolute atomic E-state index is 0. The Kier molecular flexibility index (Phi) is 15.0. The average molecular weight is 228 g/mol. The molecule has 0 radical (unpaired) electrons. The Bertz CT molecular complexity index is 69.3. The van der Waals surface area contributed by atoms with Gasteiger partial charge in [-0.15, -0.1) is 17.0 Å². The van der Waals surface area contributed by atoms with Gasteiger partial charge in [0.15, 0.2) is 0 Å². The Morgan fingerprint density at radius 3 is 2.38 bits per heavy atom. The Morgan fingerprint density at radius 1 is 1.38 bits per heavy atom. The van der Waals surface area contributed by atoms with Crippen LogP contribution in [0.4, 0.5) is 0 Å². The van der Waals surface area contributed by atoms with Crippen molar-refractivity contribution in [2.75, 3.05) is 0 Å². The summed E-state index contributed by atoms with van der Waals surface area (Å²) >= 11 is 1.38. The molecule has 0 fully saturated rings. The molecule has 0 spiro atoms. The molecule has 0 amide bonds. The van der Waals surface area contributed by atoms with Crippen LogP contribution in [0, 0.1) is 11.3 Å². The first-order valence-electron chi connectivity index (χ1n) is 2.58. The van der Waals surface area contributed by atoms with E-state index >= 15 is 0 Å². The quantitative estimate of drug-likeness (QED) is 0.537. The molecule has 1 nitrogen and oxygen atoms in total. The van der Waals surface area contributed by atoms with E-state index in [4.69, 9.17) is 5.26 Å². The van der Waals surface area contributed by atoms with Crippen LogP contribution >= 0.6 is 17.0 Å². The second-order valence-electron chi connectivity index (χ2n) is 1.47. The minimum atomic E-state index is 0. The van der Waals surface area contributed by atoms with Crippen LogP contribution in [0.1, 0.15) is 19.3 Å². The SMILES string of the molecule is Br.N#CCCC[CH2][Zn]. The molecular formula is C5H9BrNZn. The Hall–Kier alpha value is 0.593. The summed E-state index contributed by atoms with van der Waals surface area (Å²) in [5, 5.41) is 9.39. The van der Waals surface area contributed by atoms with Gasteiger partial charge in [-0.05, 0) is 0 Å². The number of rotatable bonds is 3. The third-order valence-corrected chi connectivity index (χ3v) is 1.84. The second-order valence-corrected chi connectivity index (χ2v) is 2.95. The van der Waals surface area contributed by atoms with Gasteiger partial charge in [0.2, 0.25) is 0 Å². The van der Waals surface area contributed by atoms with Crippen LogP contribution in [0.3, 0.4) is 0 Å². The molecule has 0 unspecified atom stereocenters. The van der Waals surface area contributed by atoms with Crippen LogP contribution < -0.4 is 0 Å². The second kappa shape index (κ2) is 10.6. The van der Waals surface area contributed by atoms with E-state index in [0.717, 1.165) is 12.8 Å². The van der Waals surface area contributed by atoms with E-state index < -0.39 is 0 Å². The van der Waals surface area contributed by atoms with Gasteiger partial charge in [-0.25, -0.2) is 0 Å². The molecule has 0 N–H and O–H groups in total. The van der Waals surface area contributed by atoms with Gasteiger partial charge < -0.3 is 0 Å². The molecule has 0 atom stereocenters. The molecule has 0 aliphatic carbocycles. The van der Waals surface area contributed by atoms with Crippen LogP contribution in [0.5, 0.6) is 0 Å². The maximum atomic E-state index is 8.05. The van der Waals surface area contributed by atoms with Crippen molar-refractivity contribution < 1.29 is 18.3 Å². The van der Waals surface area contributed by atoms with Crippen LogP contribution in [-0.4, -0.2) is 0 Å². The third-order valence-electron chi connectivity index (χ3n) is 0.789. The van der Waals surface area contributed by atoms with Crippen LogP contribution in [0.15, 0.2) is 0 Å². The summed E-state index contributed by atoms with van der Waals surface area (Å²) in [5.74, 6) is 0. The number of halogens is 1. The molecule has 0 saturated heterocycles. The zero-order valence-corrected chi connectivity index (χ0v) is 9.57. The maximum absolute atomic E-state index is 8.05. The Balaban J connectivity index is 0. The molecular weight excluding hydrogens is 219 g/mol. The zero-order valence-electron chi connectivity index (χ0n) is 4.89. The summed E-state index contributed by atoms with van der Waals surface area (Å²) in [4.78, 5) is 0. The van der Waals surface area contributed by atoms with Gasteiger partial charge in [0.05, 0.1) is 0 Å². The molecule has 0 aromatic rings. The molecule has 0 heterocycles. The van der Waals surface area contributed by atoms with Crippen molar-refractivity contribution >= 4 is 17.0 Å². The van der Waals surface area contributed by atoms with Gasteiger partial charge in [0.1, 0.15) is 0 Å². The monoisotopic (exact) mass is 226 g/mol. The summed E-state index contributed by atoms with van der Waals surface area (Å²) in [6.07, 6.45) is 3.12. The molecule has 0 saturated carbocycles. The van der Waals surface area contributed by atoms with E-state index in [2.05, 4.69) is 6.07 Å². The molecule has 0 aliphatic heterocycles. The number of hydrogen-bond acceptors (Lipinski definition) is 1. The van der Waals surface area contributed by atoms with Crippen molar-refractivity contribution in [3.63, 3.8) is 0 Å². The first-order valence-corrected chi connectivity index (χ1v) is 4.68. The van der Waals surface area contributed by atoms with Gasteiger partial charge in [-0.2, -0.15) is 0 Å². The predicted octanol–water partition coefficient (Wildman–Crippen LogP) is 2.22. The topological polar surface area (TPSA) is 23.8 Å². The van der Waals surface area contributed by atoms with Crippen LogP contribution in [0.25, 0.3) is 0 Å². The van der Waals surface area contributed by atoms with Crippen molar-refractivity contribution in [2.24, 2.45) is 0 Å². The first-order chi connectivity index (χ1) is 3.41. The van der Waals surface area contributed by atoms with Gasteiger partial charge in [-0.1, -0.05) is 0 Å². The molecule has 0 aliphatic rings. The van der Waals surface area contributed by atoms with Crippen molar-refractivity contribution in [1.29, 1.82) is 5.26 Å². The van der Waals surface area contributed by atoms with Crippen molar-refractivity contribution in [3.8, 4) is 6.07 Å². The van der Waals surface area contributed by atoms with Gasteiger partial charge in [0.25, 0.3) is 0 Å². The molecule has 0 rings (SSSR count). The van der Waals surface area contributed by atoms with E-state index in [0.29, 0.717) is 0 Å². The molecule has 0 aromatic heterocycles. The van der Waals surface area contributed by atoms with E-state index in [9.17, 15) is 0 Å². The van der Waals surface area contributed by atoms with Crippen LogP contribution in [-0.2, 0) is 18.3 Å². The summed E-state index contributed by atoms with van der Waals surface area (Å²) < 4.78 is 0. The fourth-order valence-electron chi connectivity index (χ4n) is 0.381. The van der Waals surface area contributed by atoms with Crippen molar-refractivity contribution in [3.05, 3.63) is 0 Å². The number of hydrogen-bond donors (Lipinski definition) is 0. The van der Waals surface area contributed by atoms with E-state index in [1.165, 1.54) is 29.7 Å².